The number of hydrogen-bond donors (Lipinski definition) is 1. The van der Waals surface area contributed by atoms with Crippen LogP contribution in [0.5, 0.6) is 5.75 Å². The third kappa shape index (κ3) is 2.81. The summed E-state index contributed by atoms with van der Waals surface area (Å²) in [6.45, 7) is 5.52. The van der Waals surface area contributed by atoms with E-state index in [4.69, 9.17) is 4.74 Å². The van der Waals surface area contributed by atoms with Crippen LogP contribution in [0.2, 0.25) is 0 Å². The topological polar surface area (TPSA) is 47.3 Å². The summed E-state index contributed by atoms with van der Waals surface area (Å²) < 4.78 is 7.58. The molecule has 2 aromatic rings. The second-order valence-corrected chi connectivity index (χ2v) is 5.65. The van der Waals surface area contributed by atoms with Gasteiger partial charge in [0.05, 0.1) is 24.1 Å². The highest BCUT2D eigenvalue weighted by Gasteiger charge is 2.25. The Morgan fingerprint density at radius 1 is 1.43 bits per heavy atom. The van der Waals surface area contributed by atoms with E-state index in [1.54, 1.807) is 0 Å². The predicted octanol–water partition coefficient (Wildman–Crippen LogP) is 3.20. The van der Waals surface area contributed by atoms with Crippen LogP contribution >= 0.6 is 0 Å². The van der Waals surface area contributed by atoms with E-state index >= 15 is 0 Å². The van der Waals surface area contributed by atoms with Crippen LogP contribution in [0.3, 0.4) is 0 Å². The number of aromatic nitrogens is 2. The zero-order valence-corrected chi connectivity index (χ0v) is 12.6. The third-order valence-electron chi connectivity index (χ3n) is 4.16. The quantitative estimate of drug-likeness (QED) is 0.939. The smallest absolute Gasteiger partial charge is 0.122 e. The van der Waals surface area contributed by atoms with Crippen LogP contribution in [0.15, 0.2) is 30.3 Å². The largest absolute Gasteiger partial charge is 0.493 e. The van der Waals surface area contributed by atoms with Crippen molar-refractivity contribution in [1.29, 1.82) is 0 Å². The lowest BCUT2D eigenvalue weighted by Crippen LogP contribution is -2.17. The van der Waals surface area contributed by atoms with Gasteiger partial charge in [0.1, 0.15) is 5.75 Å². The Balaban J connectivity index is 1.81. The van der Waals surface area contributed by atoms with Crippen LogP contribution < -0.4 is 4.74 Å². The molecule has 0 aliphatic carbocycles. The van der Waals surface area contributed by atoms with E-state index in [1.807, 2.05) is 42.8 Å². The van der Waals surface area contributed by atoms with E-state index in [2.05, 4.69) is 11.2 Å². The number of rotatable bonds is 4. The molecule has 0 amide bonds. The Hall–Kier alpha value is -1.81. The fraction of sp³-hybridized carbons (Fsp3) is 0.471. The number of ether oxygens (including phenoxy) is 1. The molecule has 0 fully saturated rings. The molecular weight excluding hydrogens is 264 g/mol. The molecule has 2 heterocycles. The highest BCUT2D eigenvalue weighted by molar-refractivity contribution is 5.38. The summed E-state index contributed by atoms with van der Waals surface area (Å²) in [5.41, 5.74) is 3.08. The maximum atomic E-state index is 10.6. The number of aliphatic hydroxyl groups is 1. The van der Waals surface area contributed by atoms with Gasteiger partial charge in [-0.3, -0.25) is 4.68 Å². The highest BCUT2D eigenvalue weighted by atomic mass is 16.5. The standard InChI is InChI=1S/C17H22N2O2/c1-3-19-15(10-12(2)18-19)16(20)11-13-8-9-21-17-7-5-4-6-14(13)17/h4-7,10,13,16,20H,3,8-9,11H2,1-2H3. The first-order valence-electron chi connectivity index (χ1n) is 7.63. The molecule has 0 spiro atoms. The molecule has 1 aromatic carbocycles. The Labute approximate surface area is 125 Å². The number of fused-ring (bicyclic) bond motifs is 1. The van der Waals surface area contributed by atoms with E-state index in [1.165, 1.54) is 5.56 Å². The molecule has 4 nitrogen and oxygen atoms in total. The van der Waals surface area contributed by atoms with Crippen molar-refractivity contribution in [2.24, 2.45) is 0 Å². The molecule has 1 aromatic heterocycles. The average molecular weight is 286 g/mol. The zero-order chi connectivity index (χ0) is 14.8. The Morgan fingerprint density at radius 3 is 3.05 bits per heavy atom. The summed E-state index contributed by atoms with van der Waals surface area (Å²) in [5.74, 6) is 1.30. The number of para-hydroxylation sites is 1. The minimum atomic E-state index is -0.484. The summed E-state index contributed by atoms with van der Waals surface area (Å²) in [7, 11) is 0. The minimum Gasteiger partial charge on any atom is -0.493 e. The van der Waals surface area contributed by atoms with Gasteiger partial charge in [-0.2, -0.15) is 5.10 Å². The van der Waals surface area contributed by atoms with Crippen molar-refractivity contribution in [3.05, 3.63) is 47.3 Å². The van der Waals surface area contributed by atoms with Gasteiger partial charge in [-0.1, -0.05) is 18.2 Å². The molecule has 0 radical (unpaired) electrons. The van der Waals surface area contributed by atoms with Crippen molar-refractivity contribution in [3.63, 3.8) is 0 Å². The number of hydrogen-bond acceptors (Lipinski definition) is 3. The highest BCUT2D eigenvalue weighted by Crippen LogP contribution is 2.38. The Kier molecular flexibility index (Phi) is 3.97. The van der Waals surface area contributed by atoms with Crippen LogP contribution in [0, 0.1) is 6.92 Å². The number of aliphatic hydroxyl groups excluding tert-OH is 1. The van der Waals surface area contributed by atoms with Gasteiger partial charge in [0.25, 0.3) is 0 Å². The maximum absolute atomic E-state index is 10.6. The van der Waals surface area contributed by atoms with E-state index in [-0.39, 0.29) is 0 Å². The Bertz CT molecular complexity index is 621. The molecular formula is C17H22N2O2. The lowest BCUT2D eigenvalue weighted by atomic mass is 9.87. The van der Waals surface area contributed by atoms with Gasteiger partial charge in [0, 0.05) is 6.54 Å². The molecule has 1 N–H and O–H groups in total. The summed E-state index contributed by atoms with van der Waals surface area (Å²) in [4.78, 5) is 0. The van der Waals surface area contributed by atoms with Gasteiger partial charge in [-0.25, -0.2) is 0 Å². The maximum Gasteiger partial charge on any atom is 0.122 e. The van der Waals surface area contributed by atoms with Gasteiger partial charge >= 0.3 is 0 Å². The van der Waals surface area contributed by atoms with E-state index in [9.17, 15) is 5.11 Å². The van der Waals surface area contributed by atoms with Gasteiger partial charge in [-0.05, 0) is 50.3 Å². The molecule has 21 heavy (non-hydrogen) atoms. The molecule has 2 atom stereocenters. The summed E-state index contributed by atoms with van der Waals surface area (Å²) in [6.07, 6.45) is 1.18. The van der Waals surface area contributed by atoms with Gasteiger partial charge in [-0.15, -0.1) is 0 Å². The van der Waals surface area contributed by atoms with Crippen LogP contribution in [-0.4, -0.2) is 21.5 Å². The van der Waals surface area contributed by atoms with E-state index in [0.717, 1.165) is 36.7 Å². The van der Waals surface area contributed by atoms with Crippen molar-refractivity contribution in [1.82, 2.24) is 9.78 Å². The monoisotopic (exact) mass is 286 g/mol. The molecule has 2 unspecified atom stereocenters. The van der Waals surface area contributed by atoms with Crippen molar-refractivity contribution < 1.29 is 9.84 Å². The second kappa shape index (κ2) is 5.90. The lowest BCUT2D eigenvalue weighted by Gasteiger charge is -2.27. The van der Waals surface area contributed by atoms with Crippen LogP contribution in [0.25, 0.3) is 0 Å². The second-order valence-electron chi connectivity index (χ2n) is 5.65. The van der Waals surface area contributed by atoms with Gasteiger partial charge in [0.15, 0.2) is 0 Å². The van der Waals surface area contributed by atoms with Crippen LogP contribution in [0.4, 0.5) is 0 Å². The lowest BCUT2D eigenvalue weighted by molar-refractivity contribution is 0.136. The molecule has 0 bridgehead atoms. The van der Waals surface area contributed by atoms with Gasteiger partial charge < -0.3 is 9.84 Å². The fourth-order valence-electron chi connectivity index (χ4n) is 3.14. The number of nitrogens with zero attached hydrogens (tertiary/aromatic N) is 2. The first-order chi connectivity index (χ1) is 10.2. The van der Waals surface area contributed by atoms with Crippen molar-refractivity contribution >= 4 is 0 Å². The summed E-state index contributed by atoms with van der Waals surface area (Å²) >= 11 is 0. The normalized spacial score (nSPS) is 18.9. The fourth-order valence-corrected chi connectivity index (χ4v) is 3.14. The molecule has 4 heteroatoms. The van der Waals surface area contributed by atoms with Crippen LogP contribution in [-0.2, 0) is 6.54 Å². The summed E-state index contributed by atoms with van der Waals surface area (Å²) in [6, 6.07) is 10.1. The SMILES string of the molecule is CCn1nc(C)cc1C(O)CC1CCOc2ccccc21. The molecule has 0 saturated heterocycles. The molecule has 1 aliphatic rings. The minimum absolute atomic E-state index is 0.338. The van der Waals surface area contributed by atoms with Crippen LogP contribution in [0.1, 0.15) is 48.7 Å². The molecule has 0 saturated carbocycles. The molecule has 3 rings (SSSR count). The van der Waals surface area contributed by atoms with E-state index < -0.39 is 6.10 Å². The van der Waals surface area contributed by atoms with Crippen molar-refractivity contribution in [2.75, 3.05) is 6.61 Å². The number of aryl methyl sites for hydroxylation is 2. The Morgan fingerprint density at radius 2 is 2.24 bits per heavy atom. The first kappa shape index (κ1) is 14.1. The van der Waals surface area contributed by atoms with Gasteiger partial charge in [0.2, 0.25) is 0 Å². The number of benzene rings is 1. The predicted molar refractivity (Wildman–Crippen MR) is 81.5 cm³/mol. The zero-order valence-electron chi connectivity index (χ0n) is 12.6. The molecule has 1 aliphatic heterocycles. The average Bonchev–Trinajstić information content (AvgIpc) is 2.89. The van der Waals surface area contributed by atoms with E-state index in [0.29, 0.717) is 12.3 Å². The third-order valence-corrected chi connectivity index (χ3v) is 4.16. The van der Waals surface area contributed by atoms with Crippen molar-refractivity contribution in [2.45, 2.75) is 45.3 Å². The van der Waals surface area contributed by atoms with Crippen molar-refractivity contribution in [3.8, 4) is 5.75 Å². The summed E-state index contributed by atoms with van der Waals surface area (Å²) in [5, 5.41) is 15.0. The first-order valence-corrected chi connectivity index (χ1v) is 7.63. The molecule has 112 valence electrons.